The molecule has 0 aliphatic carbocycles. The SMILES string of the molecule is CCOc1ccc(S(=O)(=O)N[C@H]2CCN(c3ccc(F)cc3)C2=O)cc1. The highest BCUT2D eigenvalue weighted by Crippen LogP contribution is 2.23. The number of hydrogen-bond acceptors (Lipinski definition) is 4. The highest BCUT2D eigenvalue weighted by atomic mass is 32.2. The van der Waals surface area contributed by atoms with Crippen LogP contribution in [-0.4, -0.2) is 33.5 Å². The lowest BCUT2D eigenvalue weighted by Crippen LogP contribution is -2.41. The van der Waals surface area contributed by atoms with Crippen molar-refractivity contribution in [3.8, 4) is 5.75 Å². The first-order chi connectivity index (χ1) is 12.4. The van der Waals surface area contributed by atoms with Crippen LogP contribution >= 0.6 is 0 Å². The molecule has 26 heavy (non-hydrogen) atoms. The minimum absolute atomic E-state index is 0.0639. The van der Waals surface area contributed by atoms with Crippen LogP contribution in [0, 0.1) is 5.82 Å². The van der Waals surface area contributed by atoms with E-state index in [1.807, 2.05) is 6.92 Å². The van der Waals surface area contributed by atoms with Crippen molar-refractivity contribution in [2.24, 2.45) is 0 Å². The molecule has 138 valence electrons. The van der Waals surface area contributed by atoms with Crippen LogP contribution in [0.4, 0.5) is 10.1 Å². The maximum atomic E-state index is 13.0. The number of amides is 1. The van der Waals surface area contributed by atoms with Gasteiger partial charge in [-0.2, -0.15) is 4.72 Å². The Hall–Kier alpha value is -2.45. The van der Waals surface area contributed by atoms with Crippen molar-refractivity contribution in [3.63, 3.8) is 0 Å². The third-order valence-corrected chi connectivity index (χ3v) is 5.57. The number of anilines is 1. The number of rotatable bonds is 6. The van der Waals surface area contributed by atoms with Crippen molar-refractivity contribution in [1.29, 1.82) is 0 Å². The quantitative estimate of drug-likeness (QED) is 0.837. The maximum Gasteiger partial charge on any atom is 0.245 e. The number of hydrogen-bond donors (Lipinski definition) is 1. The van der Waals surface area contributed by atoms with Gasteiger partial charge in [0.15, 0.2) is 0 Å². The second-order valence-corrected chi connectivity index (χ2v) is 7.55. The molecule has 1 aliphatic rings. The first kappa shape index (κ1) is 18.3. The molecule has 1 aliphatic heterocycles. The summed E-state index contributed by atoms with van der Waals surface area (Å²) in [4.78, 5) is 14.0. The third kappa shape index (κ3) is 3.86. The zero-order valence-corrected chi connectivity index (χ0v) is 15.0. The fourth-order valence-electron chi connectivity index (χ4n) is 2.80. The van der Waals surface area contributed by atoms with E-state index in [1.54, 1.807) is 12.1 Å². The van der Waals surface area contributed by atoms with E-state index in [1.165, 1.54) is 41.3 Å². The highest BCUT2D eigenvalue weighted by Gasteiger charge is 2.35. The molecule has 0 saturated carbocycles. The summed E-state index contributed by atoms with van der Waals surface area (Å²) in [6, 6.07) is 10.7. The molecule has 0 spiro atoms. The Kier molecular flexibility index (Phi) is 5.24. The molecule has 1 heterocycles. The molecule has 1 atom stereocenters. The van der Waals surface area contributed by atoms with E-state index in [0.29, 0.717) is 31.0 Å². The van der Waals surface area contributed by atoms with Crippen molar-refractivity contribution >= 4 is 21.6 Å². The van der Waals surface area contributed by atoms with Gasteiger partial charge < -0.3 is 9.64 Å². The lowest BCUT2D eigenvalue weighted by atomic mass is 10.3. The molecule has 0 unspecified atom stereocenters. The van der Waals surface area contributed by atoms with Gasteiger partial charge in [0, 0.05) is 12.2 Å². The van der Waals surface area contributed by atoms with Crippen LogP contribution in [0.2, 0.25) is 0 Å². The molecular weight excluding hydrogens is 359 g/mol. The van der Waals surface area contributed by atoms with Gasteiger partial charge in [0.1, 0.15) is 17.6 Å². The summed E-state index contributed by atoms with van der Waals surface area (Å²) >= 11 is 0. The topological polar surface area (TPSA) is 75.7 Å². The third-order valence-electron chi connectivity index (χ3n) is 4.09. The van der Waals surface area contributed by atoms with Crippen molar-refractivity contribution in [2.45, 2.75) is 24.3 Å². The molecule has 8 heteroatoms. The highest BCUT2D eigenvalue weighted by molar-refractivity contribution is 7.89. The van der Waals surface area contributed by atoms with Crippen LogP contribution in [0.3, 0.4) is 0 Å². The smallest absolute Gasteiger partial charge is 0.245 e. The van der Waals surface area contributed by atoms with Gasteiger partial charge >= 0.3 is 0 Å². The first-order valence-electron chi connectivity index (χ1n) is 8.23. The molecule has 0 bridgehead atoms. The van der Waals surface area contributed by atoms with Crippen LogP contribution in [0.5, 0.6) is 5.75 Å². The maximum absolute atomic E-state index is 13.0. The Balaban J connectivity index is 1.72. The molecule has 0 aromatic heterocycles. The van der Waals surface area contributed by atoms with Gasteiger partial charge in [-0.1, -0.05) is 0 Å². The number of carbonyl (C=O) groups excluding carboxylic acids is 1. The number of ether oxygens (including phenoxy) is 1. The predicted octanol–water partition coefficient (Wildman–Crippen LogP) is 2.31. The first-order valence-corrected chi connectivity index (χ1v) is 9.71. The van der Waals surface area contributed by atoms with Gasteiger partial charge in [0.05, 0.1) is 11.5 Å². The van der Waals surface area contributed by atoms with Crippen LogP contribution in [0.25, 0.3) is 0 Å². The lowest BCUT2D eigenvalue weighted by Gasteiger charge is -2.17. The summed E-state index contributed by atoms with van der Waals surface area (Å²) in [6.07, 6.45) is 0.340. The van der Waals surface area contributed by atoms with E-state index >= 15 is 0 Å². The molecule has 6 nitrogen and oxygen atoms in total. The van der Waals surface area contributed by atoms with Crippen molar-refractivity contribution in [2.75, 3.05) is 18.1 Å². The molecule has 2 aromatic carbocycles. The Labute approximate surface area is 151 Å². The number of nitrogens with zero attached hydrogens (tertiary/aromatic N) is 1. The van der Waals surface area contributed by atoms with Gasteiger partial charge in [-0.05, 0) is 61.9 Å². The average Bonchev–Trinajstić information content (AvgIpc) is 2.97. The van der Waals surface area contributed by atoms with Crippen LogP contribution in [0.1, 0.15) is 13.3 Å². The van der Waals surface area contributed by atoms with Crippen LogP contribution in [0.15, 0.2) is 53.4 Å². The van der Waals surface area contributed by atoms with Crippen molar-refractivity contribution in [1.82, 2.24) is 4.72 Å². The van der Waals surface area contributed by atoms with E-state index in [2.05, 4.69) is 4.72 Å². The van der Waals surface area contributed by atoms with Crippen LogP contribution in [-0.2, 0) is 14.8 Å². The average molecular weight is 378 g/mol. The van der Waals surface area contributed by atoms with E-state index in [0.717, 1.165) is 0 Å². The Morgan fingerprint density at radius 1 is 1.15 bits per heavy atom. The number of benzene rings is 2. The number of halogens is 1. The number of sulfonamides is 1. The summed E-state index contributed by atoms with van der Waals surface area (Å²) in [6.45, 7) is 2.69. The molecule has 1 saturated heterocycles. The summed E-state index contributed by atoms with van der Waals surface area (Å²) in [5.74, 6) is -0.176. The summed E-state index contributed by atoms with van der Waals surface area (Å²) in [7, 11) is -3.83. The van der Waals surface area contributed by atoms with Gasteiger partial charge in [0.2, 0.25) is 15.9 Å². The van der Waals surface area contributed by atoms with E-state index in [-0.39, 0.29) is 10.8 Å². The summed E-state index contributed by atoms with van der Waals surface area (Å²) in [5.41, 5.74) is 0.541. The monoisotopic (exact) mass is 378 g/mol. The van der Waals surface area contributed by atoms with E-state index < -0.39 is 21.9 Å². The predicted molar refractivity (Wildman–Crippen MR) is 95.1 cm³/mol. The fourth-order valence-corrected chi connectivity index (χ4v) is 4.03. The summed E-state index contributed by atoms with van der Waals surface area (Å²) in [5, 5.41) is 0. The second-order valence-electron chi connectivity index (χ2n) is 5.83. The van der Waals surface area contributed by atoms with Gasteiger partial charge in [-0.25, -0.2) is 12.8 Å². The zero-order valence-electron chi connectivity index (χ0n) is 14.2. The molecule has 3 rings (SSSR count). The fraction of sp³-hybridized carbons (Fsp3) is 0.278. The second kappa shape index (κ2) is 7.43. The van der Waals surface area contributed by atoms with Gasteiger partial charge in [0.25, 0.3) is 0 Å². The lowest BCUT2D eigenvalue weighted by molar-refractivity contribution is -0.118. The standard InChI is InChI=1S/C18H19FN2O4S/c1-2-25-15-7-9-16(10-8-15)26(23,24)20-17-11-12-21(18(17)22)14-5-3-13(19)4-6-14/h3-10,17,20H,2,11-12H2,1H3/t17-/m0/s1. The van der Waals surface area contributed by atoms with E-state index in [9.17, 15) is 17.6 Å². The zero-order chi connectivity index (χ0) is 18.7. The molecule has 0 radical (unpaired) electrons. The van der Waals surface area contributed by atoms with Crippen LogP contribution < -0.4 is 14.4 Å². The molecule has 2 aromatic rings. The number of carbonyl (C=O) groups is 1. The minimum atomic E-state index is -3.83. The van der Waals surface area contributed by atoms with Gasteiger partial charge in [-0.3, -0.25) is 4.79 Å². The number of nitrogens with one attached hydrogen (secondary N) is 1. The normalized spacial score (nSPS) is 17.5. The molecule has 1 fully saturated rings. The van der Waals surface area contributed by atoms with E-state index in [4.69, 9.17) is 4.74 Å². The van der Waals surface area contributed by atoms with Crippen molar-refractivity contribution in [3.05, 3.63) is 54.3 Å². The minimum Gasteiger partial charge on any atom is -0.494 e. The largest absolute Gasteiger partial charge is 0.494 e. The van der Waals surface area contributed by atoms with Gasteiger partial charge in [-0.15, -0.1) is 0 Å². The summed E-state index contributed by atoms with van der Waals surface area (Å²) < 4.78 is 45.8. The molecule has 1 amide bonds. The Morgan fingerprint density at radius 3 is 2.42 bits per heavy atom. The van der Waals surface area contributed by atoms with Crippen molar-refractivity contribution < 1.29 is 22.3 Å². The molecular formula is C18H19FN2O4S. The Morgan fingerprint density at radius 2 is 1.81 bits per heavy atom. The Bertz CT molecular complexity index is 882. The molecule has 1 N–H and O–H groups in total.